The van der Waals surface area contributed by atoms with Gasteiger partial charge in [-0.2, -0.15) is 0 Å². The number of esters is 1. The van der Waals surface area contributed by atoms with Crippen LogP contribution >= 0.6 is 0 Å². The van der Waals surface area contributed by atoms with E-state index in [-0.39, 0.29) is 5.97 Å². The molecule has 1 rings (SSSR count). The minimum atomic E-state index is -0.269. The summed E-state index contributed by atoms with van der Waals surface area (Å²) in [4.78, 5) is 12.5. The fourth-order valence-electron chi connectivity index (χ4n) is 3.00. The third-order valence-corrected chi connectivity index (χ3v) is 4.20. The van der Waals surface area contributed by atoms with Gasteiger partial charge in [-0.15, -0.1) is 0 Å². The van der Waals surface area contributed by atoms with Crippen molar-refractivity contribution in [1.82, 2.24) is 0 Å². The van der Waals surface area contributed by atoms with Crippen molar-refractivity contribution in [3.05, 3.63) is 28.8 Å². The SMILES string of the molecule is CCCc1cc(CCC)c(OCCCCC(C)C)c(C(=O)OCC)c1. The number of carbonyl (C=O) groups is 1. The maximum absolute atomic E-state index is 12.5. The summed E-state index contributed by atoms with van der Waals surface area (Å²) in [6, 6.07) is 4.17. The molecule has 0 aromatic heterocycles. The lowest BCUT2D eigenvalue weighted by Crippen LogP contribution is -2.12. The molecule has 0 aliphatic heterocycles. The van der Waals surface area contributed by atoms with Gasteiger partial charge in [0.25, 0.3) is 0 Å². The molecule has 0 fully saturated rings. The monoisotopic (exact) mass is 348 g/mol. The quantitative estimate of drug-likeness (QED) is 0.344. The van der Waals surface area contributed by atoms with Crippen LogP contribution in [0.15, 0.2) is 12.1 Å². The summed E-state index contributed by atoms with van der Waals surface area (Å²) in [5.41, 5.74) is 2.93. The van der Waals surface area contributed by atoms with Crippen LogP contribution < -0.4 is 4.74 Å². The van der Waals surface area contributed by atoms with E-state index in [9.17, 15) is 4.79 Å². The molecule has 0 amide bonds. The Morgan fingerprint density at radius 2 is 1.76 bits per heavy atom. The highest BCUT2D eigenvalue weighted by molar-refractivity contribution is 5.93. The van der Waals surface area contributed by atoms with Gasteiger partial charge in [-0.1, -0.05) is 53.0 Å². The highest BCUT2D eigenvalue weighted by Crippen LogP contribution is 2.29. The summed E-state index contributed by atoms with van der Waals surface area (Å²) < 4.78 is 11.4. The van der Waals surface area contributed by atoms with Crippen LogP contribution in [0.4, 0.5) is 0 Å². The van der Waals surface area contributed by atoms with Gasteiger partial charge in [-0.25, -0.2) is 4.79 Å². The minimum absolute atomic E-state index is 0.269. The summed E-state index contributed by atoms with van der Waals surface area (Å²) in [7, 11) is 0. The zero-order valence-electron chi connectivity index (χ0n) is 16.8. The van der Waals surface area contributed by atoms with Crippen molar-refractivity contribution >= 4 is 5.97 Å². The van der Waals surface area contributed by atoms with E-state index in [1.165, 1.54) is 12.0 Å². The number of hydrogen-bond donors (Lipinski definition) is 0. The van der Waals surface area contributed by atoms with Crippen LogP contribution in [0.5, 0.6) is 5.75 Å². The van der Waals surface area contributed by atoms with Crippen LogP contribution in [0.2, 0.25) is 0 Å². The van der Waals surface area contributed by atoms with Gasteiger partial charge in [-0.3, -0.25) is 0 Å². The number of benzene rings is 1. The zero-order chi connectivity index (χ0) is 18.7. The van der Waals surface area contributed by atoms with Crippen molar-refractivity contribution in [2.24, 2.45) is 5.92 Å². The van der Waals surface area contributed by atoms with Gasteiger partial charge in [0.15, 0.2) is 0 Å². The van der Waals surface area contributed by atoms with Crippen LogP contribution in [0.3, 0.4) is 0 Å². The van der Waals surface area contributed by atoms with Crippen molar-refractivity contribution in [2.45, 2.75) is 79.6 Å². The van der Waals surface area contributed by atoms with E-state index in [0.717, 1.165) is 55.8 Å². The number of carbonyl (C=O) groups excluding carboxylic acids is 1. The Kier molecular flexibility index (Phi) is 10.3. The van der Waals surface area contributed by atoms with Crippen molar-refractivity contribution in [3.63, 3.8) is 0 Å². The van der Waals surface area contributed by atoms with Crippen LogP contribution in [0.25, 0.3) is 0 Å². The molecule has 0 saturated carbocycles. The van der Waals surface area contributed by atoms with Crippen LogP contribution in [0.1, 0.15) is 88.2 Å². The topological polar surface area (TPSA) is 35.5 Å². The molecule has 1 aromatic rings. The highest BCUT2D eigenvalue weighted by atomic mass is 16.5. The van der Waals surface area contributed by atoms with Crippen LogP contribution in [-0.4, -0.2) is 19.2 Å². The van der Waals surface area contributed by atoms with E-state index in [2.05, 4.69) is 33.8 Å². The molecule has 0 saturated heterocycles. The summed E-state index contributed by atoms with van der Waals surface area (Å²) >= 11 is 0. The molecular weight excluding hydrogens is 312 g/mol. The fraction of sp³-hybridized carbons (Fsp3) is 0.682. The second-order valence-electron chi connectivity index (χ2n) is 7.09. The Morgan fingerprint density at radius 1 is 1.04 bits per heavy atom. The van der Waals surface area contributed by atoms with E-state index < -0.39 is 0 Å². The molecule has 0 aliphatic carbocycles. The first-order valence-electron chi connectivity index (χ1n) is 9.99. The normalized spacial score (nSPS) is 11.0. The van der Waals surface area contributed by atoms with Gasteiger partial charge in [-0.05, 0) is 55.7 Å². The molecule has 25 heavy (non-hydrogen) atoms. The number of unbranched alkanes of at least 4 members (excludes halogenated alkanes) is 1. The van der Waals surface area contributed by atoms with Crippen molar-refractivity contribution in [2.75, 3.05) is 13.2 Å². The lowest BCUT2D eigenvalue weighted by atomic mass is 9.98. The van der Waals surface area contributed by atoms with Crippen molar-refractivity contribution < 1.29 is 14.3 Å². The van der Waals surface area contributed by atoms with Crippen LogP contribution in [0, 0.1) is 5.92 Å². The first kappa shape index (κ1) is 21.5. The van der Waals surface area contributed by atoms with Crippen LogP contribution in [-0.2, 0) is 17.6 Å². The average Bonchev–Trinajstić information content (AvgIpc) is 2.56. The third-order valence-electron chi connectivity index (χ3n) is 4.20. The second-order valence-corrected chi connectivity index (χ2v) is 7.09. The molecule has 3 heteroatoms. The molecule has 0 atom stereocenters. The number of ether oxygens (including phenoxy) is 2. The van der Waals surface area contributed by atoms with Gasteiger partial charge in [0, 0.05) is 0 Å². The molecule has 0 aliphatic rings. The number of hydrogen-bond acceptors (Lipinski definition) is 3. The van der Waals surface area contributed by atoms with E-state index in [0.29, 0.717) is 18.8 Å². The van der Waals surface area contributed by atoms with E-state index in [1.807, 2.05) is 13.0 Å². The zero-order valence-corrected chi connectivity index (χ0v) is 16.8. The third kappa shape index (κ3) is 7.50. The first-order valence-corrected chi connectivity index (χ1v) is 9.99. The Bertz CT molecular complexity index is 520. The first-order chi connectivity index (χ1) is 12.0. The Morgan fingerprint density at radius 3 is 2.36 bits per heavy atom. The van der Waals surface area contributed by atoms with Gasteiger partial charge in [0.2, 0.25) is 0 Å². The Labute approximate surface area is 154 Å². The van der Waals surface area contributed by atoms with E-state index >= 15 is 0 Å². The molecule has 0 N–H and O–H groups in total. The van der Waals surface area contributed by atoms with Crippen molar-refractivity contribution in [3.8, 4) is 5.75 Å². The van der Waals surface area contributed by atoms with Crippen molar-refractivity contribution in [1.29, 1.82) is 0 Å². The van der Waals surface area contributed by atoms with Gasteiger partial charge < -0.3 is 9.47 Å². The summed E-state index contributed by atoms with van der Waals surface area (Å²) in [5.74, 6) is 1.19. The summed E-state index contributed by atoms with van der Waals surface area (Å²) in [5, 5.41) is 0. The predicted octanol–water partition coefficient (Wildman–Crippen LogP) is 5.97. The highest BCUT2D eigenvalue weighted by Gasteiger charge is 2.19. The Balaban J connectivity index is 3.00. The lowest BCUT2D eigenvalue weighted by Gasteiger charge is -2.17. The molecule has 0 radical (unpaired) electrons. The predicted molar refractivity (Wildman–Crippen MR) is 105 cm³/mol. The second kappa shape index (κ2) is 11.9. The molecule has 142 valence electrons. The Hall–Kier alpha value is -1.51. The fourth-order valence-corrected chi connectivity index (χ4v) is 3.00. The molecule has 0 spiro atoms. The van der Waals surface area contributed by atoms with Gasteiger partial charge >= 0.3 is 5.97 Å². The van der Waals surface area contributed by atoms with Gasteiger partial charge in [0.05, 0.1) is 13.2 Å². The molecule has 0 unspecified atom stereocenters. The standard InChI is InChI=1S/C22H36O3/c1-6-11-18-15-19(12-7-2)21(20(16-18)22(23)24-8-3)25-14-10-9-13-17(4)5/h15-17H,6-14H2,1-5H3. The number of rotatable bonds is 12. The van der Waals surface area contributed by atoms with E-state index in [1.54, 1.807) is 0 Å². The maximum Gasteiger partial charge on any atom is 0.341 e. The lowest BCUT2D eigenvalue weighted by molar-refractivity contribution is 0.0521. The average molecular weight is 349 g/mol. The van der Waals surface area contributed by atoms with Gasteiger partial charge in [0.1, 0.15) is 11.3 Å². The summed E-state index contributed by atoms with van der Waals surface area (Å²) in [6.45, 7) is 11.7. The summed E-state index contributed by atoms with van der Waals surface area (Å²) in [6.07, 6.45) is 7.37. The molecular formula is C22H36O3. The van der Waals surface area contributed by atoms with E-state index in [4.69, 9.17) is 9.47 Å². The molecule has 1 aromatic carbocycles. The smallest absolute Gasteiger partial charge is 0.341 e. The maximum atomic E-state index is 12.5. The molecule has 0 heterocycles. The molecule has 3 nitrogen and oxygen atoms in total. The minimum Gasteiger partial charge on any atom is -0.492 e. The molecule has 0 bridgehead atoms. The number of aryl methyl sites for hydroxylation is 2. The largest absolute Gasteiger partial charge is 0.492 e.